The number of nitrogens with zero attached hydrogens (tertiary/aromatic N) is 3. The Balaban J connectivity index is 1.25. The lowest BCUT2D eigenvalue weighted by Crippen LogP contribution is -2.51. The third-order valence-corrected chi connectivity index (χ3v) is 8.56. The van der Waals surface area contributed by atoms with Crippen molar-refractivity contribution in [3.63, 3.8) is 0 Å². The van der Waals surface area contributed by atoms with Crippen LogP contribution in [0.5, 0.6) is 0 Å². The molecule has 0 aliphatic carbocycles. The van der Waals surface area contributed by atoms with Crippen molar-refractivity contribution in [3.8, 4) is 0 Å². The fourth-order valence-corrected chi connectivity index (χ4v) is 6.29. The van der Waals surface area contributed by atoms with Gasteiger partial charge in [-0.15, -0.1) is 0 Å². The summed E-state index contributed by atoms with van der Waals surface area (Å²) >= 11 is 0. The van der Waals surface area contributed by atoms with Crippen molar-refractivity contribution in [1.82, 2.24) is 14.1 Å². The van der Waals surface area contributed by atoms with Gasteiger partial charge in [0.05, 0.1) is 22.9 Å². The van der Waals surface area contributed by atoms with Gasteiger partial charge in [-0.25, -0.2) is 8.42 Å². The number of sulfonamides is 1. The molecule has 0 aromatic heterocycles. The van der Waals surface area contributed by atoms with E-state index in [4.69, 9.17) is 0 Å². The van der Waals surface area contributed by atoms with Crippen LogP contribution >= 0.6 is 0 Å². The first-order valence-electron chi connectivity index (χ1n) is 11.7. The highest BCUT2D eigenvalue weighted by Gasteiger charge is 2.37. The lowest BCUT2D eigenvalue weighted by atomic mass is 9.96. The molecule has 0 N–H and O–H groups in total. The first-order chi connectivity index (χ1) is 17.0. The van der Waals surface area contributed by atoms with Gasteiger partial charge in [-0.2, -0.15) is 4.31 Å². The number of benzene rings is 3. The zero-order valence-electron chi connectivity index (χ0n) is 19.3. The minimum atomic E-state index is -3.62. The summed E-state index contributed by atoms with van der Waals surface area (Å²) in [7, 11) is -3.62. The van der Waals surface area contributed by atoms with Crippen LogP contribution in [0.2, 0.25) is 0 Å². The molecule has 35 heavy (non-hydrogen) atoms. The van der Waals surface area contributed by atoms with Crippen molar-refractivity contribution in [2.24, 2.45) is 0 Å². The molecule has 2 heterocycles. The molecule has 2 aliphatic rings. The van der Waals surface area contributed by atoms with Gasteiger partial charge in [0.2, 0.25) is 10.0 Å². The summed E-state index contributed by atoms with van der Waals surface area (Å²) in [6.07, 6.45) is 0. The number of rotatable bonds is 7. The standard InChI is InChI=1S/C27H27N3O4S/c31-26-23-13-7-8-14-24(23)27(32)30(26)19-20-35(33,34)29-17-15-28(16-18-29)25(21-9-3-1-4-10-21)22-11-5-2-6-12-22/h1-14,25H,15-20H2. The monoisotopic (exact) mass is 489 g/mol. The Bertz CT molecular complexity index is 1250. The van der Waals surface area contributed by atoms with Gasteiger partial charge in [-0.1, -0.05) is 72.8 Å². The largest absolute Gasteiger partial charge is 0.290 e. The van der Waals surface area contributed by atoms with E-state index in [1.165, 1.54) is 15.4 Å². The molecule has 3 aromatic carbocycles. The van der Waals surface area contributed by atoms with Crippen LogP contribution in [0, 0.1) is 0 Å². The van der Waals surface area contributed by atoms with Crippen molar-refractivity contribution >= 4 is 21.8 Å². The van der Waals surface area contributed by atoms with Gasteiger partial charge in [0, 0.05) is 32.7 Å². The molecule has 0 bridgehead atoms. The Kier molecular flexibility index (Phi) is 6.51. The molecule has 180 valence electrons. The maximum absolute atomic E-state index is 13.1. The van der Waals surface area contributed by atoms with E-state index in [2.05, 4.69) is 29.2 Å². The third-order valence-electron chi connectivity index (χ3n) is 6.71. The summed E-state index contributed by atoms with van der Waals surface area (Å²) < 4.78 is 27.7. The van der Waals surface area contributed by atoms with E-state index in [0.717, 1.165) is 4.90 Å². The molecule has 1 fully saturated rings. The number of fused-ring (bicyclic) bond motifs is 1. The average Bonchev–Trinajstić information content (AvgIpc) is 3.14. The average molecular weight is 490 g/mol. The molecular weight excluding hydrogens is 462 g/mol. The molecule has 1 saturated heterocycles. The summed E-state index contributed by atoms with van der Waals surface area (Å²) in [4.78, 5) is 28.5. The van der Waals surface area contributed by atoms with E-state index in [1.807, 2.05) is 36.4 Å². The van der Waals surface area contributed by atoms with Gasteiger partial charge < -0.3 is 0 Å². The van der Waals surface area contributed by atoms with Crippen LogP contribution < -0.4 is 0 Å². The van der Waals surface area contributed by atoms with Crippen LogP contribution in [0.15, 0.2) is 84.9 Å². The second-order valence-electron chi connectivity index (χ2n) is 8.78. The maximum atomic E-state index is 13.1. The first-order valence-corrected chi connectivity index (χ1v) is 13.3. The quantitative estimate of drug-likeness (QED) is 0.477. The van der Waals surface area contributed by atoms with Crippen molar-refractivity contribution in [1.29, 1.82) is 0 Å². The van der Waals surface area contributed by atoms with Crippen LogP contribution in [-0.4, -0.2) is 72.8 Å². The van der Waals surface area contributed by atoms with Crippen LogP contribution in [0.3, 0.4) is 0 Å². The van der Waals surface area contributed by atoms with Crippen molar-refractivity contribution in [3.05, 3.63) is 107 Å². The first kappa shape index (κ1) is 23.4. The van der Waals surface area contributed by atoms with Gasteiger partial charge in [0.25, 0.3) is 11.8 Å². The Labute approximate surface area is 205 Å². The van der Waals surface area contributed by atoms with E-state index >= 15 is 0 Å². The SMILES string of the molecule is O=C1c2ccccc2C(=O)N1CCS(=O)(=O)N1CCN(C(c2ccccc2)c2ccccc2)CC1. The topological polar surface area (TPSA) is 78.0 Å². The minimum Gasteiger partial charge on any atom is -0.290 e. The number of carbonyl (C=O) groups is 2. The Morgan fingerprint density at radius 3 is 1.60 bits per heavy atom. The summed E-state index contributed by atoms with van der Waals surface area (Å²) in [6.45, 7) is 1.74. The summed E-state index contributed by atoms with van der Waals surface area (Å²) in [5.41, 5.74) is 2.99. The van der Waals surface area contributed by atoms with Crippen LogP contribution in [0.1, 0.15) is 37.9 Å². The van der Waals surface area contributed by atoms with Gasteiger partial charge >= 0.3 is 0 Å². The predicted octanol–water partition coefficient (Wildman–Crippen LogP) is 3.02. The van der Waals surface area contributed by atoms with E-state index in [-0.39, 0.29) is 18.3 Å². The Morgan fingerprint density at radius 2 is 1.11 bits per heavy atom. The molecular formula is C27H27N3O4S. The van der Waals surface area contributed by atoms with E-state index in [1.54, 1.807) is 24.3 Å². The fraction of sp³-hybridized carbons (Fsp3) is 0.259. The number of carbonyl (C=O) groups excluding carboxylic acids is 2. The lowest BCUT2D eigenvalue weighted by Gasteiger charge is -2.39. The molecule has 0 saturated carbocycles. The normalized spacial score (nSPS) is 17.2. The number of hydrogen-bond acceptors (Lipinski definition) is 5. The molecule has 2 aliphatic heterocycles. The number of hydrogen-bond donors (Lipinski definition) is 0. The molecule has 8 heteroatoms. The summed E-state index contributed by atoms with van der Waals surface area (Å²) in [5.74, 6) is -1.14. The van der Waals surface area contributed by atoms with Crippen molar-refractivity contribution < 1.29 is 18.0 Å². The van der Waals surface area contributed by atoms with Crippen LogP contribution in [0.4, 0.5) is 0 Å². The highest BCUT2D eigenvalue weighted by Crippen LogP contribution is 2.30. The molecule has 3 aromatic rings. The summed E-state index contributed by atoms with van der Waals surface area (Å²) in [5, 5.41) is 0. The maximum Gasteiger partial charge on any atom is 0.261 e. The molecule has 0 atom stereocenters. The second-order valence-corrected chi connectivity index (χ2v) is 10.9. The molecule has 0 unspecified atom stereocenters. The van der Waals surface area contributed by atoms with Crippen LogP contribution in [0.25, 0.3) is 0 Å². The van der Waals surface area contributed by atoms with E-state index in [0.29, 0.717) is 37.3 Å². The highest BCUT2D eigenvalue weighted by atomic mass is 32.2. The number of imide groups is 1. The Morgan fingerprint density at radius 1 is 0.657 bits per heavy atom. The molecule has 2 amide bonds. The predicted molar refractivity (Wildman–Crippen MR) is 133 cm³/mol. The fourth-order valence-electron chi connectivity index (χ4n) is 4.90. The smallest absolute Gasteiger partial charge is 0.261 e. The lowest BCUT2D eigenvalue weighted by molar-refractivity contribution is 0.0663. The van der Waals surface area contributed by atoms with E-state index < -0.39 is 21.8 Å². The van der Waals surface area contributed by atoms with Crippen molar-refractivity contribution in [2.45, 2.75) is 6.04 Å². The molecule has 7 nitrogen and oxygen atoms in total. The number of piperazine rings is 1. The highest BCUT2D eigenvalue weighted by molar-refractivity contribution is 7.89. The van der Waals surface area contributed by atoms with Gasteiger partial charge in [-0.05, 0) is 23.3 Å². The van der Waals surface area contributed by atoms with Crippen molar-refractivity contribution in [2.75, 3.05) is 38.5 Å². The molecule has 0 radical (unpaired) electrons. The number of amides is 2. The molecule has 5 rings (SSSR count). The van der Waals surface area contributed by atoms with Gasteiger partial charge in [0.15, 0.2) is 0 Å². The second kappa shape index (κ2) is 9.73. The minimum absolute atomic E-state index is 0.0422. The Hall–Kier alpha value is -3.33. The third kappa shape index (κ3) is 4.65. The van der Waals surface area contributed by atoms with Gasteiger partial charge in [0.1, 0.15) is 0 Å². The van der Waals surface area contributed by atoms with Gasteiger partial charge in [-0.3, -0.25) is 19.4 Å². The summed E-state index contributed by atoms with van der Waals surface area (Å²) in [6, 6.07) is 27.1. The van der Waals surface area contributed by atoms with E-state index in [9.17, 15) is 18.0 Å². The molecule has 0 spiro atoms. The zero-order valence-corrected chi connectivity index (χ0v) is 20.1. The zero-order chi connectivity index (χ0) is 24.4. The van der Waals surface area contributed by atoms with Crippen LogP contribution in [-0.2, 0) is 10.0 Å².